The minimum Gasteiger partial charge on any atom is -0.462 e. The molecule has 0 heterocycles. The molecular formula is C77H126O6. The molecule has 0 fully saturated rings. The number of esters is 3. The highest BCUT2D eigenvalue weighted by atomic mass is 16.6. The fourth-order valence-corrected chi connectivity index (χ4v) is 9.17. The Morgan fingerprint density at radius 3 is 0.771 bits per heavy atom. The SMILES string of the molecule is CC/C=C\C/C=C\C/C=C\C/C=C\C/C=C\C/C=C\C/C=C\CCCCCC(=O)OCC(COC(=O)CCCCCCCC/C=C\C/C=C\C/C=C\CCCCC)OC(=O)CCCCCCCCCCC/C=C\C/C=C\CCCCCCC. The maximum atomic E-state index is 13.0. The lowest BCUT2D eigenvalue weighted by molar-refractivity contribution is -0.167. The average Bonchev–Trinajstić information content (AvgIpc) is 3.50. The van der Waals surface area contributed by atoms with Gasteiger partial charge < -0.3 is 14.2 Å². The van der Waals surface area contributed by atoms with Crippen LogP contribution in [0, 0.1) is 0 Å². The zero-order valence-electron chi connectivity index (χ0n) is 53.9. The summed E-state index contributed by atoms with van der Waals surface area (Å²) in [7, 11) is 0. The standard InChI is InChI=1S/C77H126O6/c1-4-7-10-13-16-19-22-25-28-31-34-36-37-38-39-41-43-46-49-52-55-58-61-64-67-70-76(79)82-73-74(72-81-75(78)69-66-63-60-57-54-51-48-45-42-33-30-27-24-21-18-15-12-9-6-3)83-77(80)71-68-65-62-59-56-53-50-47-44-40-35-32-29-26-23-20-17-14-11-8-5-2/h7,10,16,18-19,21,23,25-28,30,32,34-36,38-39,42-43,45-46,52,55,74H,4-6,8-9,11-15,17,20,22,24,29,31,33,37,40-41,44,47-51,53-54,56-73H2,1-3H3/b10-7-,19-16-,21-18-,26-23-,28-25-,30-27-,35-32-,36-34-,39-38-,45-42-,46-43-,55-52-. The molecule has 0 radical (unpaired) electrons. The number of hydrogen-bond donors (Lipinski definition) is 0. The molecule has 6 nitrogen and oxygen atoms in total. The van der Waals surface area contributed by atoms with E-state index in [0.29, 0.717) is 19.3 Å². The van der Waals surface area contributed by atoms with E-state index in [1.54, 1.807) is 0 Å². The first-order chi connectivity index (χ1) is 41.0. The molecule has 0 spiro atoms. The fourth-order valence-electron chi connectivity index (χ4n) is 9.17. The van der Waals surface area contributed by atoms with Gasteiger partial charge in [-0.2, -0.15) is 0 Å². The quantitative estimate of drug-likeness (QED) is 0.0261. The topological polar surface area (TPSA) is 78.9 Å². The molecule has 1 unspecified atom stereocenters. The smallest absolute Gasteiger partial charge is 0.306 e. The molecule has 0 aromatic heterocycles. The van der Waals surface area contributed by atoms with Gasteiger partial charge in [0, 0.05) is 19.3 Å². The van der Waals surface area contributed by atoms with E-state index in [1.165, 1.54) is 122 Å². The highest BCUT2D eigenvalue weighted by Crippen LogP contribution is 2.15. The van der Waals surface area contributed by atoms with Gasteiger partial charge in [-0.3, -0.25) is 14.4 Å². The van der Waals surface area contributed by atoms with Crippen LogP contribution in [-0.4, -0.2) is 37.2 Å². The molecule has 0 aliphatic rings. The van der Waals surface area contributed by atoms with Gasteiger partial charge in [0.1, 0.15) is 13.2 Å². The molecule has 470 valence electrons. The minimum absolute atomic E-state index is 0.102. The lowest BCUT2D eigenvalue weighted by Gasteiger charge is -2.18. The zero-order valence-corrected chi connectivity index (χ0v) is 53.9. The number of unbranched alkanes of at least 4 members (excludes halogenated alkanes) is 26. The van der Waals surface area contributed by atoms with Crippen LogP contribution in [0.5, 0.6) is 0 Å². The van der Waals surface area contributed by atoms with Crippen LogP contribution in [-0.2, 0) is 28.6 Å². The highest BCUT2D eigenvalue weighted by Gasteiger charge is 2.19. The molecule has 0 aromatic carbocycles. The van der Waals surface area contributed by atoms with Gasteiger partial charge in [-0.1, -0.05) is 282 Å². The van der Waals surface area contributed by atoms with Crippen molar-refractivity contribution in [2.75, 3.05) is 13.2 Å². The Balaban J connectivity index is 4.51. The van der Waals surface area contributed by atoms with Crippen LogP contribution in [0.15, 0.2) is 146 Å². The van der Waals surface area contributed by atoms with Gasteiger partial charge >= 0.3 is 17.9 Å². The Morgan fingerprint density at radius 1 is 0.253 bits per heavy atom. The van der Waals surface area contributed by atoms with Gasteiger partial charge in [-0.05, 0) is 148 Å². The zero-order chi connectivity index (χ0) is 59.9. The summed E-state index contributed by atoms with van der Waals surface area (Å²) in [4.78, 5) is 38.5. The summed E-state index contributed by atoms with van der Waals surface area (Å²) in [6.45, 7) is 6.46. The third-order valence-electron chi connectivity index (χ3n) is 14.3. The van der Waals surface area contributed by atoms with Crippen molar-refractivity contribution in [2.45, 2.75) is 309 Å². The van der Waals surface area contributed by atoms with Crippen LogP contribution in [0.25, 0.3) is 0 Å². The summed E-state index contributed by atoms with van der Waals surface area (Å²) >= 11 is 0. The van der Waals surface area contributed by atoms with E-state index in [9.17, 15) is 14.4 Å². The summed E-state index contributed by atoms with van der Waals surface area (Å²) in [6.07, 6.45) is 99.9. The lowest BCUT2D eigenvalue weighted by atomic mass is 10.1. The van der Waals surface area contributed by atoms with Crippen LogP contribution in [0.2, 0.25) is 0 Å². The van der Waals surface area contributed by atoms with Crippen molar-refractivity contribution in [2.24, 2.45) is 0 Å². The fraction of sp³-hybridized carbons (Fsp3) is 0.649. The summed E-state index contributed by atoms with van der Waals surface area (Å²) in [6, 6.07) is 0. The van der Waals surface area contributed by atoms with Crippen molar-refractivity contribution in [3.63, 3.8) is 0 Å². The molecule has 1 atom stereocenters. The maximum absolute atomic E-state index is 13.0. The predicted octanol–water partition coefficient (Wildman–Crippen LogP) is 23.9. The van der Waals surface area contributed by atoms with Crippen LogP contribution < -0.4 is 0 Å². The molecule has 0 aromatic rings. The first kappa shape index (κ1) is 78.3. The van der Waals surface area contributed by atoms with E-state index < -0.39 is 6.10 Å². The second kappa shape index (κ2) is 69.8. The molecule has 0 aliphatic carbocycles. The molecule has 0 aliphatic heterocycles. The van der Waals surface area contributed by atoms with Crippen molar-refractivity contribution < 1.29 is 28.6 Å². The third kappa shape index (κ3) is 68.0. The molecule has 0 bridgehead atoms. The van der Waals surface area contributed by atoms with Crippen LogP contribution >= 0.6 is 0 Å². The molecule has 0 N–H and O–H groups in total. The van der Waals surface area contributed by atoms with Crippen molar-refractivity contribution in [3.8, 4) is 0 Å². The van der Waals surface area contributed by atoms with E-state index in [4.69, 9.17) is 14.2 Å². The van der Waals surface area contributed by atoms with E-state index >= 15 is 0 Å². The van der Waals surface area contributed by atoms with Gasteiger partial charge in [0.15, 0.2) is 6.10 Å². The Morgan fingerprint density at radius 2 is 0.470 bits per heavy atom. The molecule has 0 saturated carbocycles. The molecule has 0 saturated heterocycles. The third-order valence-corrected chi connectivity index (χ3v) is 14.3. The Labute approximate surface area is 512 Å². The van der Waals surface area contributed by atoms with E-state index in [0.717, 1.165) is 141 Å². The Bertz CT molecular complexity index is 1800. The van der Waals surface area contributed by atoms with Gasteiger partial charge in [0.05, 0.1) is 0 Å². The normalized spacial score (nSPS) is 13.0. The molecule has 83 heavy (non-hydrogen) atoms. The highest BCUT2D eigenvalue weighted by molar-refractivity contribution is 5.71. The first-order valence-electron chi connectivity index (χ1n) is 34.3. The summed E-state index contributed by atoms with van der Waals surface area (Å²) in [5.74, 6) is -0.947. The summed E-state index contributed by atoms with van der Waals surface area (Å²) in [5.41, 5.74) is 0. The largest absolute Gasteiger partial charge is 0.462 e. The predicted molar refractivity (Wildman–Crippen MR) is 362 cm³/mol. The number of carbonyl (C=O) groups is 3. The molecule has 0 rings (SSSR count). The number of hydrogen-bond acceptors (Lipinski definition) is 6. The van der Waals surface area contributed by atoms with Gasteiger partial charge in [-0.15, -0.1) is 0 Å². The van der Waals surface area contributed by atoms with Crippen molar-refractivity contribution >= 4 is 17.9 Å². The number of carbonyl (C=O) groups excluding carboxylic acids is 3. The first-order valence-corrected chi connectivity index (χ1v) is 34.3. The Kier molecular flexibility index (Phi) is 65.8. The van der Waals surface area contributed by atoms with E-state index in [1.807, 2.05) is 0 Å². The molecular weight excluding hydrogens is 1020 g/mol. The minimum atomic E-state index is -0.809. The van der Waals surface area contributed by atoms with Crippen LogP contribution in [0.3, 0.4) is 0 Å². The summed E-state index contributed by atoms with van der Waals surface area (Å²) in [5, 5.41) is 0. The summed E-state index contributed by atoms with van der Waals surface area (Å²) < 4.78 is 16.9. The van der Waals surface area contributed by atoms with Crippen molar-refractivity contribution in [1.29, 1.82) is 0 Å². The van der Waals surface area contributed by atoms with Gasteiger partial charge in [0.25, 0.3) is 0 Å². The molecule has 0 amide bonds. The average molecular weight is 1150 g/mol. The van der Waals surface area contributed by atoms with E-state index in [-0.39, 0.29) is 31.1 Å². The number of ether oxygens (including phenoxy) is 3. The van der Waals surface area contributed by atoms with Gasteiger partial charge in [-0.25, -0.2) is 0 Å². The second-order valence-electron chi connectivity index (χ2n) is 22.3. The van der Waals surface area contributed by atoms with E-state index in [2.05, 4.69) is 167 Å². The lowest BCUT2D eigenvalue weighted by Crippen LogP contribution is -2.30. The molecule has 6 heteroatoms. The maximum Gasteiger partial charge on any atom is 0.306 e. The van der Waals surface area contributed by atoms with Crippen molar-refractivity contribution in [3.05, 3.63) is 146 Å². The van der Waals surface area contributed by atoms with Crippen LogP contribution in [0.4, 0.5) is 0 Å². The van der Waals surface area contributed by atoms with Gasteiger partial charge in [0.2, 0.25) is 0 Å². The number of allylic oxidation sites excluding steroid dienone is 24. The van der Waals surface area contributed by atoms with Crippen LogP contribution in [0.1, 0.15) is 303 Å². The second-order valence-corrected chi connectivity index (χ2v) is 22.3. The number of rotatable bonds is 61. The monoisotopic (exact) mass is 1150 g/mol. The van der Waals surface area contributed by atoms with Crippen molar-refractivity contribution in [1.82, 2.24) is 0 Å². The Hall–Kier alpha value is -4.71.